The molecule has 138 valence electrons. The summed E-state index contributed by atoms with van der Waals surface area (Å²) in [5.41, 5.74) is 2.36. The topological polar surface area (TPSA) is 61.4 Å². The molecule has 1 fully saturated rings. The molecule has 0 atom stereocenters. The summed E-state index contributed by atoms with van der Waals surface area (Å²) >= 11 is 0. The number of carbonyl (C=O) groups excluding carboxylic acids is 2. The van der Waals surface area contributed by atoms with E-state index in [9.17, 15) is 9.59 Å². The van der Waals surface area contributed by atoms with Gasteiger partial charge in [-0.05, 0) is 44.7 Å². The van der Waals surface area contributed by atoms with Crippen LogP contribution < -0.4 is 10.6 Å². The Kier molecular flexibility index (Phi) is 7.92. The maximum atomic E-state index is 12.0. The smallest absolute Gasteiger partial charge is 0.239 e. The predicted octanol–water partition coefficient (Wildman–Crippen LogP) is 2.03. The minimum absolute atomic E-state index is 0.0713. The molecule has 0 radical (unpaired) electrons. The van der Waals surface area contributed by atoms with Crippen LogP contribution in [0, 0.1) is 6.92 Å². The highest BCUT2D eigenvalue weighted by molar-refractivity contribution is 5.84. The Balaban J connectivity index is 1.59. The normalized spacial score (nSPS) is 15.8. The monoisotopic (exact) mass is 345 g/mol. The zero-order valence-electron chi connectivity index (χ0n) is 15.5. The molecule has 0 aliphatic carbocycles. The fourth-order valence-corrected chi connectivity index (χ4v) is 3.18. The van der Waals surface area contributed by atoms with Gasteiger partial charge in [-0.2, -0.15) is 0 Å². The Morgan fingerprint density at radius 1 is 1.12 bits per heavy atom. The van der Waals surface area contributed by atoms with Gasteiger partial charge in [-0.1, -0.05) is 36.8 Å². The summed E-state index contributed by atoms with van der Waals surface area (Å²) in [6.45, 7) is 7.53. The van der Waals surface area contributed by atoms with Crippen LogP contribution >= 0.6 is 0 Å². The first-order valence-corrected chi connectivity index (χ1v) is 9.40. The average molecular weight is 345 g/mol. The van der Waals surface area contributed by atoms with Crippen LogP contribution in [0.5, 0.6) is 0 Å². The van der Waals surface area contributed by atoms with Crippen LogP contribution in [0.3, 0.4) is 0 Å². The standard InChI is InChI=1S/C20H31N3O2/c1-3-12-23-13-10-18(11-14-23)22-20(25)15-21-19(24)9-8-17-6-4-16(2)5-7-17/h4-7,18H,3,8-15H2,1-2H3,(H,21,24)(H,22,25). The quantitative estimate of drug-likeness (QED) is 0.758. The number of amides is 2. The van der Waals surface area contributed by atoms with Crippen LogP contribution in [-0.2, 0) is 16.0 Å². The Morgan fingerprint density at radius 2 is 1.80 bits per heavy atom. The van der Waals surface area contributed by atoms with Gasteiger partial charge in [-0.15, -0.1) is 0 Å². The zero-order chi connectivity index (χ0) is 18.1. The number of likely N-dealkylation sites (tertiary alicyclic amines) is 1. The van der Waals surface area contributed by atoms with Crippen molar-refractivity contribution in [2.75, 3.05) is 26.2 Å². The van der Waals surface area contributed by atoms with Gasteiger partial charge in [-0.3, -0.25) is 9.59 Å². The largest absolute Gasteiger partial charge is 0.352 e. The summed E-state index contributed by atoms with van der Waals surface area (Å²) in [5, 5.41) is 5.76. The maximum absolute atomic E-state index is 12.0. The Hall–Kier alpha value is -1.88. The summed E-state index contributed by atoms with van der Waals surface area (Å²) in [5.74, 6) is -0.161. The van der Waals surface area contributed by atoms with E-state index in [-0.39, 0.29) is 24.4 Å². The first kappa shape index (κ1) is 19.4. The third kappa shape index (κ3) is 7.26. The van der Waals surface area contributed by atoms with Crippen molar-refractivity contribution < 1.29 is 9.59 Å². The molecule has 1 aromatic rings. The van der Waals surface area contributed by atoms with Gasteiger partial charge < -0.3 is 15.5 Å². The van der Waals surface area contributed by atoms with Gasteiger partial charge in [-0.25, -0.2) is 0 Å². The van der Waals surface area contributed by atoms with E-state index in [2.05, 4.69) is 22.5 Å². The van der Waals surface area contributed by atoms with Crippen molar-refractivity contribution in [1.29, 1.82) is 0 Å². The highest BCUT2D eigenvalue weighted by Gasteiger charge is 2.20. The number of piperidine rings is 1. The lowest BCUT2D eigenvalue weighted by Gasteiger charge is -2.32. The number of rotatable bonds is 8. The number of aryl methyl sites for hydroxylation is 2. The van der Waals surface area contributed by atoms with Crippen molar-refractivity contribution >= 4 is 11.8 Å². The van der Waals surface area contributed by atoms with Gasteiger partial charge in [0.2, 0.25) is 11.8 Å². The maximum Gasteiger partial charge on any atom is 0.239 e. The molecule has 1 saturated heterocycles. The molecule has 5 heteroatoms. The van der Waals surface area contributed by atoms with Gasteiger partial charge in [0.25, 0.3) is 0 Å². The Morgan fingerprint density at radius 3 is 2.44 bits per heavy atom. The van der Waals surface area contributed by atoms with Gasteiger partial charge in [0.05, 0.1) is 6.54 Å². The van der Waals surface area contributed by atoms with Gasteiger partial charge in [0, 0.05) is 25.6 Å². The second-order valence-corrected chi connectivity index (χ2v) is 6.95. The molecule has 2 N–H and O–H groups in total. The molecule has 0 aromatic heterocycles. The summed E-state index contributed by atoms with van der Waals surface area (Å²) in [7, 11) is 0. The third-order valence-electron chi connectivity index (χ3n) is 4.70. The fourth-order valence-electron chi connectivity index (χ4n) is 3.18. The van der Waals surface area contributed by atoms with E-state index in [4.69, 9.17) is 0 Å². The van der Waals surface area contributed by atoms with Crippen LogP contribution in [0.4, 0.5) is 0 Å². The highest BCUT2D eigenvalue weighted by atomic mass is 16.2. The average Bonchev–Trinajstić information content (AvgIpc) is 2.61. The second-order valence-electron chi connectivity index (χ2n) is 6.95. The number of nitrogens with one attached hydrogen (secondary N) is 2. The van der Waals surface area contributed by atoms with E-state index in [0.717, 1.165) is 38.0 Å². The highest BCUT2D eigenvalue weighted by Crippen LogP contribution is 2.10. The summed E-state index contributed by atoms with van der Waals surface area (Å²) in [6, 6.07) is 8.42. The number of carbonyl (C=O) groups is 2. The van der Waals surface area contributed by atoms with Crippen molar-refractivity contribution in [2.24, 2.45) is 0 Å². The van der Waals surface area contributed by atoms with Crippen molar-refractivity contribution in [2.45, 2.75) is 52.0 Å². The lowest BCUT2D eigenvalue weighted by atomic mass is 10.0. The van der Waals surface area contributed by atoms with E-state index < -0.39 is 0 Å². The van der Waals surface area contributed by atoms with Crippen LogP contribution in [0.15, 0.2) is 24.3 Å². The first-order chi connectivity index (χ1) is 12.1. The molecule has 0 saturated carbocycles. The van der Waals surface area contributed by atoms with E-state index >= 15 is 0 Å². The van der Waals surface area contributed by atoms with Crippen molar-refractivity contribution in [1.82, 2.24) is 15.5 Å². The molecule has 0 bridgehead atoms. The zero-order valence-corrected chi connectivity index (χ0v) is 15.5. The van der Waals surface area contributed by atoms with Gasteiger partial charge in [0.1, 0.15) is 0 Å². The molecule has 1 aromatic carbocycles. The molecule has 1 heterocycles. The fraction of sp³-hybridized carbons (Fsp3) is 0.600. The molecule has 2 amide bonds. The van der Waals surface area contributed by atoms with Crippen LogP contribution in [0.1, 0.15) is 43.7 Å². The molecule has 5 nitrogen and oxygen atoms in total. The number of nitrogens with zero attached hydrogens (tertiary/aromatic N) is 1. The molecular formula is C20H31N3O2. The van der Waals surface area contributed by atoms with E-state index in [1.807, 2.05) is 31.2 Å². The molecule has 2 rings (SSSR count). The van der Waals surface area contributed by atoms with E-state index in [1.54, 1.807) is 0 Å². The first-order valence-electron chi connectivity index (χ1n) is 9.40. The summed E-state index contributed by atoms with van der Waals surface area (Å²) in [6.07, 6.45) is 4.27. The van der Waals surface area contributed by atoms with E-state index in [0.29, 0.717) is 12.8 Å². The second kappa shape index (κ2) is 10.2. The van der Waals surface area contributed by atoms with Crippen molar-refractivity contribution in [3.8, 4) is 0 Å². The molecular weight excluding hydrogens is 314 g/mol. The number of hydrogen-bond acceptors (Lipinski definition) is 3. The minimum atomic E-state index is -0.0855. The SMILES string of the molecule is CCCN1CCC(NC(=O)CNC(=O)CCc2ccc(C)cc2)CC1. The number of benzene rings is 1. The van der Waals surface area contributed by atoms with Crippen LogP contribution in [-0.4, -0.2) is 48.9 Å². The molecule has 25 heavy (non-hydrogen) atoms. The molecule has 0 unspecified atom stereocenters. The van der Waals surface area contributed by atoms with Gasteiger partial charge in [0.15, 0.2) is 0 Å². The molecule has 1 aliphatic rings. The third-order valence-corrected chi connectivity index (χ3v) is 4.70. The lowest BCUT2D eigenvalue weighted by molar-refractivity contribution is -0.126. The Bertz CT molecular complexity index is 549. The van der Waals surface area contributed by atoms with E-state index in [1.165, 1.54) is 12.0 Å². The van der Waals surface area contributed by atoms with Crippen molar-refractivity contribution in [3.05, 3.63) is 35.4 Å². The predicted molar refractivity (Wildman–Crippen MR) is 100 cm³/mol. The Labute approximate surface area is 151 Å². The summed E-state index contributed by atoms with van der Waals surface area (Å²) in [4.78, 5) is 26.3. The van der Waals surface area contributed by atoms with Crippen LogP contribution in [0.25, 0.3) is 0 Å². The van der Waals surface area contributed by atoms with Gasteiger partial charge >= 0.3 is 0 Å². The van der Waals surface area contributed by atoms with Crippen molar-refractivity contribution in [3.63, 3.8) is 0 Å². The minimum Gasteiger partial charge on any atom is -0.352 e. The molecule has 0 spiro atoms. The lowest BCUT2D eigenvalue weighted by Crippen LogP contribution is -2.47. The van der Waals surface area contributed by atoms with Crippen LogP contribution in [0.2, 0.25) is 0 Å². The molecule has 1 aliphatic heterocycles. The summed E-state index contributed by atoms with van der Waals surface area (Å²) < 4.78 is 0. The number of hydrogen-bond donors (Lipinski definition) is 2.